The highest BCUT2D eigenvalue weighted by Gasteiger charge is 2.57. The third-order valence-corrected chi connectivity index (χ3v) is 27.1. The maximum Gasteiger partial charge on any atom is 0.646 e. The van der Waals surface area contributed by atoms with Gasteiger partial charge in [0.05, 0.1) is 13.2 Å². The number of carbonyl (C=O) groups excluding carboxylic acids is 1. The van der Waals surface area contributed by atoms with Gasteiger partial charge in [-0.2, -0.15) is 4.57 Å². The number of hydrogen-bond acceptors (Lipinski definition) is 8. The number of benzene rings is 4. The molecule has 65 heavy (non-hydrogen) atoms. The summed E-state index contributed by atoms with van der Waals surface area (Å²) in [6, 6.07) is 39.2. The SMILES string of the molecule is COC(=O)/C=C(/OP(=O)(Oc1ccccc1)Oc1ccccc1)C1[C@@H](CO[Si](c2ccccc2)(c2ccccc2)C(C)(C)C)[C@H]2[C@@H](C[C@@H]1C)[C@@H](O[Si](C(C)C)(C(C)C)C(C)C)CC[C@@H]2C. The van der Waals surface area contributed by atoms with Crippen LogP contribution in [0.5, 0.6) is 11.5 Å². The second-order valence-electron chi connectivity index (χ2n) is 20.6. The number of phosphoric ester groups is 1. The van der Waals surface area contributed by atoms with Crippen molar-refractivity contribution in [1.29, 1.82) is 0 Å². The molecule has 1 unspecified atom stereocenters. The van der Waals surface area contributed by atoms with Gasteiger partial charge in [0, 0.05) is 18.6 Å². The molecule has 0 N–H and O–H groups in total. The van der Waals surface area contributed by atoms with Gasteiger partial charge in [0.2, 0.25) is 8.32 Å². The first kappa shape index (κ1) is 50.5. The fraction of sp³-hybridized carbons (Fsp3) is 0.500. The van der Waals surface area contributed by atoms with E-state index >= 15 is 4.57 Å². The first-order chi connectivity index (χ1) is 30.9. The van der Waals surface area contributed by atoms with Crippen LogP contribution < -0.4 is 19.4 Å². The summed E-state index contributed by atoms with van der Waals surface area (Å²) in [5, 5.41) is 2.10. The summed E-state index contributed by atoms with van der Waals surface area (Å²) < 4.78 is 55.6. The maximum atomic E-state index is 15.4. The lowest BCUT2D eigenvalue weighted by atomic mass is 9.54. The summed E-state index contributed by atoms with van der Waals surface area (Å²) >= 11 is 0. The van der Waals surface area contributed by atoms with E-state index in [1.807, 2.05) is 12.1 Å². The van der Waals surface area contributed by atoms with E-state index in [4.69, 9.17) is 27.2 Å². The fourth-order valence-corrected chi connectivity index (χ4v) is 23.6. The highest BCUT2D eigenvalue weighted by atomic mass is 31.2. The molecular weight excluding hydrogens is 864 g/mol. The standard InChI is InChI=1S/C54H75O8PSi2/c1-38(2)64(39(3)4,40(5)6)62-49-34-33-41(7)52-47(49)35-42(8)53(48(52)37-58-65(54(9,10)11,45-29-21-15-22-30-45)46-31-23-16-24-32-46)50(36-51(55)57-12)61-63(56,59-43-25-17-13-18-26-43)60-44-27-19-14-20-28-44/h13-32,36,38-42,47-49,52-53H,33-35,37H2,1-12H3/b50-36+/t41-,42-,47-,48-,49-,52+,53?/m0/s1. The first-order valence-corrected chi connectivity index (χ1v) is 29.4. The van der Waals surface area contributed by atoms with Crippen molar-refractivity contribution < 1.29 is 36.5 Å². The van der Waals surface area contributed by atoms with E-state index in [0.29, 0.717) is 40.6 Å². The van der Waals surface area contributed by atoms with Crippen molar-refractivity contribution in [1.82, 2.24) is 0 Å². The molecule has 6 rings (SSSR count). The van der Waals surface area contributed by atoms with Gasteiger partial charge in [-0.1, -0.05) is 173 Å². The van der Waals surface area contributed by atoms with Crippen LogP contribution in [0.15, 0.2) is 133 Å². The number of fused-ring (bicyclic) bond motifs is 1. The summed E-state index contributed by atoms with van der Waals surface area (Å²) in [5.41, 5.74) is 1.32. The predicted molar refractivity (Wildman–Crippen MR) is 269 cm³/mol. The van der Waals surface area contributed by atoms with Crippen LogP contribution in [-0.4, -0.2) is 42.4 Å². The third kappa shape index (κ3) is 10.9. The van der Waals surface area contributed by atoms with Crippen LogP contribution in [0.25, 0.3) is 0 Å². The van der Waals surface area contributed by atoms with Crippen molar-refractivity contribution in [3.05, 3.63) is 133 Å². The number of phosphoric acid groups is 1. The molecule has 0 radical (unpaired) electrons. The Bertz CT molecular complexity index is 2090. The lowest BCUT2D eigenvalue weighted by Crippen LogP contribution is -2.67. The van der Waals surface area contributed by atoms with E-state index in [1.54, 1.807) is 48.5 Å². The van der Waals surface area contributed by atoms with Crippen LogP contribution in [0.4, 0.5) is 0 Å². The Morgan fingerprint density at radius 1 is 0.708 bits per heavy atom. The van der Waals surface area contributed by atoms with E-state index in [9.17, 15) is 4.79 Å². The second-order valence-corrected chi connectivity index (χ2v) is 31.7. The van der Waals surface area contributed by atoms with Gasteiger partial charge in [-0.05, 0) is 105 Å². The molecule has 0 bridgehead atoms. The Kier molecular flexibility index (Phi) is 16.6. The number of allylic oxidation sites excluding steroid dienone is 1. The molecule has 2 aliphatic carbocycles. The summed E-state index contributed by atoms with van der Waals surface area (Å²) in [6.45, 7) is 26.1. The third-order valence-electron chi connectivity index (χ3n) is 14.6. The van der Waals surface area contributed by atoms with Crippen molar-refractivity contribution in [2.24, 2.45) is 35.5 Å². The molecule has 0 aromatic heterocycles. The van der Waals surface area contributed by atoms with Crippen molar-refractivity contribution in [3.63, 3.8) is 0 Å². The number of para-hydroxylation sites is 2. The van der Waals surface area contributed by atoms with Gasteiger partial charge in [0.15, 0.2) is 0 Å². The number of ether oxygens (including phenoxy) is 1. The normalized spacial score (nSPS) is 23.2. The van der Waals surface area contributed by atoms with Gasteiger partial charge in [0.1, 0.15) is 17.3 Å². The second kappa shape index (κ2) is 21.4. The first-order valence-electron chi connectivity index (χ1n) is 23.9. The lowest BCUT2D eigenvalue weighted by molar-refractivity contribution is -0.135. The van der Waals surface area contributed by atoms with Crippen LogP contribution in [0.2, 0.25) is 21.7 Å². The number of hydrogen-bond donors (Lipinski definition) is 0. The molecule has 0 aliphatic heterocycles. The molecule has 352 valence electrons. The van der Waals surface area contributed by atoms with E-state index in [2.05, 4.69) is 137 Å². The Balaban J connectivity index is 1.54. The van der Waals surface area contributed by atoms with Gasteiger partial charge in [0.25, 0.3) is 8.32 Å². The van der Waals surface area contributed by atoms with Gasteiger partial charge < -0.3 is 27.2 Å². The molecule has 2 aliphatic rings. The average Bonchev–Trinajstić information content (AvgIpc) is 3.26. The Morgan fingerprint density at radius 3 is 1.60 bits per heavy atom. The van der Waals surface area contributed by atoms with Gasteiger partial charge in [-0.3, -0.25) is 0 Å². The summed E-state index contributed by atoms with van der Waals surface area (Å²) in [4.78, 5) is 13.7. The minimum absolute atomic E-state index is 0.0635. The smallest absolute Gasteiger partial charge is 0.466 e. The van der Waals surface area contributed by atoms with Crippen molar-refractivity contribution in [2.75, 3.05) is 13.7 Å². The molecule has 4 aromatic carbocycles. The van der Waals surface area contributed by atoms with Crippen LogP contribution in [0.3, 0.4) is 0 Å². The summed E-state index contributed by atoms with van der Waals surface area (Å²) in [5.74, 6) is 0.124. The van der Waals surface area contributed by atoms with Crippen molar-refractivity contribution >= 4 is 40.8 Å². The monoisotopic (exact) mass is 938 g/mol. The quantitative estimate of drug-likeness (QED) is 0.0320. The van der Waals surface area contributed by atoms with Crippen LogP contribution >= 0.6 is 7.82 Å². The zero-order valence-corrected chi connectivity index (χ0v) is 43.8. The molecule has 2 saturated carbocycles. The van der Waals surface area contributed by atoms with Gasteiger partial charge in [-0.25, -0.2) is 4.79 Å². The molecule has 0 heterocycles. The van der Waals surface area contributed by atoms with Crippen molar-refractivity contribution in [3.8, 4) is 11.5 Å². The lowest BCUT2D eigenvalue weighted by Gasteiger charge is -2.57. The minimum Gasteiger partial charge on any atom is -0.466 e. The molecule has 8 nitrogen and oxygen atoms in total. The molecule has 7 atom stereocenters. The highest BCUT2D eigenvalue weighted by Crippen LogP contribution is 2.59. The zero-order valence-electron chi connectivity index (χ0n) is 40.9. The average molecular weight is 939 g/mol. The molecule has 11 heteroatoms. The number of carbonyl (C=O) groups is 1. The van der Waals surface area contributed by atoms with E-state index in [-0.39, 0.29) is 40.6 Å². The summed E-state index contributed by atoms with van der Waals surface area (Å²) in [6.07, 6.45) is 4.24. The van der Waals surface area contributed by atoms with E-state index < -0.39 is 36.3 Å². The van der Waals surface area contributed by atoms with Crippen LogP contribution in [-0.2, 0) is 27.5 Å². The Morgan fingerprint density at radius 2 is 1.17 bits per heavy atom. The molecule has 0 spiro atoms. The number of methoxy groups -OCH3 is 1. The van der Waals surface area contributed by atoms with Crippen LogP contribution in [0.1, 0.15) is 95.4 Å². The van der Waals surface area contributed by atoms with E-state index in [0.717, 1.165) is 19.3 Å². The van der Waals surface area contributed by atoms with Gasteiger partial charge >= 0.3 is 13.8 Å². The van der Waals surface area contributed by atoms with Gasteiger partial charge in [-0.15, -0.1) is 0 Å². The maximum absolute atomic E-state index is 15.4. The Hall–Kier alpha value is -3.93. The van der Waals surface area contributed by atoms with E-state index in [1.165, 1.54) is 23.6 Å². The largest absolute Gasteiger partial charge is 0.646 e. The Labute approximate surface area is 392 Å². The highest BCUT2D eigenvalue weighted by molar-refractivity contribution is 7.49. The van der Waals surface area contributed by atoms with Crippen LogP contribution in [0, 0.1) is 35.5 Å². The minimum atomic E-state index is -4.53. The topological polar surface area (TPSA) is 89.5 Å². The van der Waals surface area contributed by atoms with Crippen molar-refractivity contribution in [2.45, 2.75) is 123 Å². The summed E-state index contributed by atoms with van der Waals surface area (Å²) in [7, 11) is -8.53. The molecular formula is C54H75O8PSi2. The molecule has 0 saturated heterocycles. The molecule has 2 fully saturated rings. The zero-order chi connectivity index (χ0) is 47.2. The predicted octanol–water partition coefficient (Wildman–Crippen LogP) is 13.4. The fourth-order valence-electron chi connectivity index (χ4n) is 12.1. The molecule has 0 amide bonds. The number of esters is 1. The number of rotatable bonds is 18. The molecule has 4 aromatic rings.